The molecule has 0 radical (unpaired) electrons. The van der Waals surface area contributed by atoms with Crippen LogP contribution in [0.4, 0.5) is 4.39 Å². The van der Waals surface area contributed by atoms with Crippen molar-refractivity contribution >= 4 is 21.9 Å². The van der Waals surface area contributed by atoms with Gasteiger partial charge >= 0.3 is 0 Å². The third kappa shape index (κ3) is 5.04. The summed E-state index contributed by atoms with van der Waals surface area (Å²) in [5.41, 5.74) is 8.29. The van der Waals surface area contributed by atoms with E-state index in [0.717, 1.165) is 69.0 Å². The number of rotatable bonds is 8. The van der Waals surface area contributed by atoms with Gasteiger partial charge in [0.2, 0.25) is 0 Å². The van der Waals surface area contributed by atoms with E-state index in [-0.39, 0.29) is 5.82 Å². The Kier molecular flexibility index (Phi) is 6.64. The summed E-state index contributed by atoms with van der Waals surface area (Å²) in [6, 6.07) is 12.8. The number of ether oxygens (including phenoxy) is 1. The Labute approximate surface area is 236 Å². The molecule has 0 spiro atoms. The largest absolute Gasteiger partial charge is 0.497 e. The van der Waals surface area contributed by atoms with Gasteiger partial charge in [0.15, 0.2) is 0 Å². The third-order valence-corrected chi connectivity index (χ3v) is 7.95. The van der Waals surface area contributed by atoms with E-state index < -0.39 is 0 Å². The van der Waals surface area contributed by atoms with Crippen LogP contribution < -0.4 is 10.1 Å². The van der Waals surface area contributed by atoms with Gasteiger partial charge in [0.05, 0.1) is 35.7 Å². The maximum absolute atomic E-state index is 14.3. The highest BCUT2D eigenvalue weighted by Gasteiger charge is 2.17. The van der Waals surface area contributed by atoms with Crippen molar-refractivity contribution in [1.29, 1.82) is 0 Å². The number of H-pyrrole nitrogens is 2. The maximum atomic E-state index is 14.3. The van der Waals surface area contributed by atoms with E-state index in [4.69, 9.17) is 9.72 Å². The molecule has 0 aliphatic heterocycles. The summed E-state index contributed by atoms with van der Waals surface area (Å²) in [6.07, 6.45) is 12.6. The molecular weight excluding hydrogens is 517 g/mol. The molecule has 1 saturated carbocycles. The fraction of sp³-hybridized carbons (Fsp3) is 0.250. The van der Waals surface area contributed by atoms with Crippen molar-refractivity contribution in [3.8, 4) is 39.5 Å². The van der Waals surface area contributed by atoms with E-state index in [0.29, 0.717) is 17.0 Å². The van der Waals surface area contributed by atoms with Crippen molar-refractivity contribution < 1.29 is 9.13 Å². The molecule has 8 nitrogen and oxygen atoms in total. The molecular formula is C32H30FN7O. The van der Waals surface area contributed by atoms with Gasteiger partial charge in [-0.05, 0) is 72.8 Å². The predicted molar refractivity (Wildman–Crippen MR) is 158 cm³/mol. The smallest absolute Gasteiger partial charge is 0.135 e. The first-order valence-electron chi connectivity index (χ1n) is 14.0. The zero-order valence-corrected chi connectivity index (χ0v) is 22.7. The number of aromatic amines is 2. The van der Waals surface area contributed by atoms with Crippen molar-refractivity contribution in [2.75, 3.05) is 13.7 Å². The summed E-state index contributed by atoms with van der Waals surface area (Å²) in [5, 5.41) is 12.2. The van der Waals surface area contributed by atoms with E-state index in [1.54, 1.807) is 18.5 Å². The first-order chi connectivity index (χ1) is 20.1. The average molecular weight is 548 g/mol. The number of benzene rings is 1. The second-order valence-electron chi connectivity index (χ2n) is 10.7. The first kappa shape index (κ1) is 25.3. The van der Waals surface area contributed by atoms with E-state index in [9.17, 15) is 4.39 Å². The molecule has 6 aromatic rings. The lowest BCUT2D eigenvalue weighted by atomic mass is 10.0. The molecule has 5 heterocycles. The second-order valence-corrected chi connectivity index (χ2v) is 10.7. The van der Waals surface area contributed by atoms with Gasteiger partial charge in [0.1, 0.15) is 22.8 Å². The van der Waals surface area contributed by atoms with E-state index in [1.807, 2.05) is 30.6 Å². The average Bonchev–Trinajstić information content (AvgIpc) is 3.76. The number of fused-ring (bicyclic) bond motifs is 2. The van der Waals surface area contributed by atoms with Crippen molar-refractivity contribution in [3.05, 3.63) is 78.6 Å². The number of methoxy groups -OCH3 is 1. The zero-order chi connectivity index (χ0) is 27.8. The fourth-order valence-electron chi connectivity index (χ4n) is 5.85. The molecule has 0 atom stereocenters. The lowest BCUT2D eigenvalue weighted by Crippen LogP contribution is -2.20. The normalized spacial score (nSPS) is 13.9. The van der Waals surface area contributed by atoms with Gasteiger partial charge in [-0.25, -0.2) is 9.37 Å². The lowest BCUT2D eigenvalue weighted by Gasteiger charge is -2.11. The predicted octanol–water partition coefficient (Wildman–Crippen LogP) is 6.66. The summed E-state index contributed by atoms with van der Waals surface area (Å²) in [7, 11) is 1.52. The van der Waals surface area contributed by atoms with Gasteiger partial charge in [-0.15, -0.1) is 0 Å². The summed E-state index contributed by atoms with van der Waals surface area (Å²) in [4.78, 5) is 17.3. The number of hydrogen-bond acceptors (Lipinski definition) is 6. The molecule has 0 unspecified atom stereocenters. The van der Waals surface area contributed by atoms with Crippen LogP contribution in [0.25, 0.3) is 55.7 Å². The minimum atomic E-state index is -0.370. The minimum Gasteiger partial charge on any atom is -0.497 e. The molecule has 0 bridgehead atoms. The van der Waals surface area contributed by atoms with Crippen LogP contribution in [-0.4, -0.2) is 43.8 Å². The molecule has 5 aromatic heterocycles. The molecule has 1 aliphatic carbocycles. The van der Waals surface area contributed by atoms with Gasteiger partial charge in [-0.3, -0.25) is 15.1 Å². The zero-order valence-electron chi connectivity index (χ0n) is 22.7. The molecule has 1 aromatic carbocycles. The van der Waals surface area contributed by atoms with Crippen LogP contribution in [-0.2, 0) is 6.54 Å². The van der Waals surface area contributed by atoms with E-state index in [1.165, 1.54) is 44.9 Å². The Morgan fingerprint density at radius 3 is 2.71 bits per heavy atom. The first-order valence-corrected chi connectivity index (χ1v) is 14.0. The van der Waals surface area contributed by atoms with Gasteiger partial charge < -0.3 is 15.0 Å². The van der Waals surface area contributed by atoms with Crippen molar-refractivity contribution in [2.45, 2.75) is 32.2 Å². The Hall–Kier alpha value is -4.63. The second kappa shape index (κ2) is 10.7. The molecule has 3 N–H and O–H groups in total. The monoisotopic (exact) mass is 547 g/mol. The molecule has 41 heavy (non-hydrogen) atoms. The summed E-state index contributed by atoms with van der Waals surface area (Å²) >= 11 is 0. The quantitative estimate of drug-likeness (QED) is 0.197. The van der Waals surface area contributed by atoms with Gasteiger partial charge in [0, 0.05) is 47.7 Å². The number of hydrogen-bond donors (Lipinski definition) is 3. The van der Waals surface area contributed by atoms with E-state index in [2.05, 4.69) is 36.5 Å². The molecule has 1 aliphatic rings. The summed E-state index contributed by atoms with van der Waals surface area (Å²) in [5.74, 6) is 0.874. The number of halogens is 1. The summed E-state index contributed by atoms with van der Waals surface area (Å²) < 4.78 is 19.6. The highest BCUT2D eigenvalue weighted by molar-refractivity contribution is 6.00. The minimum absolute atomic E-state index is 0.370. The van der Waals surface area contributed by atoms with Crippen LogP contribution in [0.5, 0.6) is 5.75 Å². The molecule has 0 amide bonds. The molecule has 206 valence electrons. The standard InChI is InChI=1S/C32H30FN7O/c1-41-24-10-21(9-23(33)11-24)26-17-36-18-30-25(26)12-29(37-30)32-31-28(39-40-32)7-6-27(38-31)22-8-20(15-35-16-22)14-34-13-19-4-2-3-5-19/h6-12,15-19,34,37H,2-5,13-14H2,1H3,(H,39,40). The SMILES string of the molecule is COc1cc(F)cc(-c2cncc3[nH]c(-c4n[nH]c5ccc(-c6cncc(CNCC7CCCC7)c6)nc45)cc23)c1. The summed E-state index contributed by atoms with van der Waals surface area (Å²) in [6.45, 7) is 1.85. The molecule has 1 fully saturated rings. The third-order valence-electron chi connectivity index (χ3n) is 7.95. The van der Waals surface area contributed by atoms with Crippen LogP contribution in [0.1, 0.15) is 31.2 Å². The fourth-order valence-corrected chi connectivity index (χ4v) is 5.85. The Morgan fingerprint density at radius 2 is 1.83 bits per heavy atom. The lowest BCUT2D eigenvalue weighted by molar-refractivity contribution is 0.411. The van der Waals surface area contributed by atoms with Crippen LogP contribution >= 0.6 is 0 Å². The van der Waals surface area contributed by atoms with Crippen LogP contribution in [0.3, 0.4) is 0 Å². The molecule has 7 rings (SSSR count). The molecule has 0 saturated heterocycles. The Morgan fingerprint density at radius 1 is 0.951 bits per heavy atom. The van der Waals surface area contributed by atoms with Gasteiger partial charge in [0.25, 0.3) is 0 Å². The van der Waals surface area contributed by atoms with E-state index >= 15 is 0 Å². The highest BCUT2D eigenvalue weighted by atomic mass is 19.1. The number of aromatic nitrogens is 6. The highest BCUT2D eigenvalue weighted by Crippen LogP contribution is 2.35. The van der Waals surface area contributed by atoms with Crippen LogP contribution in [0.15, 0.2) is 67.3 Å². The van der Waals surface area contributed by atoms with Gasteiger partial charge in [-0.2, -0.15) is 5.10 Å². The maximum Gasteiger partial charge on any atom is 0.135 e. The van der Waals surface area contributed by atoms with Crippen molar-refractivity contribution in [2.24, 2.45) is 5.92 Å². The van der Waals surface area contributed by atoms with Gasteiger partial charge in [-0.1, -0.05) is 12.8 Å². The Balaban J connectivity index is 1.21. The van der Waals surface area contributed by atoms with Crippen molar-refractivity contribution in [1.82, 2.24) is 35.5 Å². The topological polar surface area (TPSA) is 104 Å². The van der Waals surface area contributed by atoms with Crippen LogP contribution in [0.2, 0.25) is 0 Å². The number of pyridine rings is 3. The number of nitrogens with one attached hydrogen (secondary N) is 3. The Bertz CT molecular complexity index is 1850. The van der Waals surface area contributed by atoms with Crippen molar-refractivity contribution in [3.63, 3.8) is 0 Å². The molecule has 9 heteroatoms. The van der Waals surface area contributed by atoms with Crippen LogP contribution in [0, 0.1) is 11.7 Å². The number of nitrogens with zero attached hydrogens (tertiary/aromatic N) is 4.